The molecule has 0 bridgehead atoms. The van der Waals surface area contributed by atoms with E-state index in [4.69, 9.17) is 23.2 Å². The van der Waals surface area contributed by atoms with Crippen molar-refractivity contribution in [2.45, 2.75) is 122 Å². The molecule has 0 aromatic carbocycles. The lowest BCUT2D eigenvalue weighted by Gasteiger charge is -2.37. The van der Waals surface area contributed by atoms with Crippen LogP contribution in [0.25, 0.3) is 0 Å². The molecule has 0 aromatic heterocycles. The number of halogens is 2. The van der Waals surface area contributed by atoms with Gasteiger partial charge in [0, 0.05) is 56.4 Å². The molecule has 3 aliphatic carbocycles. The third kappa shape index (κ3) is 7.28. The van der Waals surface area contributed by atoms with Crippen molar-refractivity contribution in [3.8, 4) is 0 Å². The predicted molar refractivity (Wildman–Crippen MR) is 161 cm³/mol. The molecule has 41 heavy (non-hydrogen) atoms. The molecule has 0 N–H and O–H groups in total. The highest BCUT2D eigenvalue weighted by Gasteiger charge is 2.73. The van der Waals surface area contributed by atoms with E-state index in [-0.39, 0.29) is 65.9 Å². The van der Waals surface area contributed by atoms with E-state index >= 15 is 0 Å². The van der Waals surface area contributed by atoms with Gasteiger partial charge < -0.3 is 4.90 Å². The molecule has 4 fully saturated rings. The Morgan fingerprint density at radius 3 is 2.07 bits per heavy atom. The van der Waals surface area contributed by atoms with Crippen LogP contribution in [-0.4, -0.2) is 50.9 Å². The number of carbonyl (C=O) groups excluding carboxylic acids is 5. The number of carbonyl (C=O) groups is 5. The molecule has 0 aromatic rings. The van der Waals surface area contributed by atoms with E-state index in [2.05, 4.69) is 27.7 Å². The van der Waals surface area contributed by atoms with Gasteiger partial charge in [-0.05, 0) is 42.4 Å². The molecular weight excluding hydrogens is 561 g/mol. The Bertz CT molecular complexity index is 1040. The molecule has 6 nitrogen and oxygen atoms in total. The van der Waals surface area contributed by atoms with Crippen LogP contribution in [0.3, 0.4) is 0 Å². The van der Waals surface area contributed by atoms with Crippen LogP contribution in [0.1, 0.15) is 112 Å². The van der Waals surface area contributed by atoms with Crippen molar-refractivity contribution in [2.75, 3.05) is 6.54 Å². The minimum absolute atomic E-state index is 0.00882. The normalized spacial score (nSPS) is 28.3. The van der Waals surface area contributed by atoms with Crippen molar-refractivity contribution in [3.05, 3.63) is 0 Å². The Morgan fingerprint density at radius 1 is 0.902 bits per heavy atom. The number of likely N-dealkylation sites (tertiary alicyclic amines) is 1. The van der Waals surface area contributed by atoms with Crippen LogP contribution in [0.4, 0.5) is 0 Å². The number of ketones is 4. The highest BCUT2D eigenvalue weighted by molar-refractivity contribution is 6.51. The summed E-state index contributed by atoms with van der Waals surface area (Å²) in [6.07, 6.45) is 9.20. The van der Waals surface area contributed by atoms with Crippen LogP contribution in [0, 0.1) is 46.8 Å². The number of alkyl halides is 2. The van der Waals surface area contributed by atoms with Crippen LogP contribution in [0.5, 0.6) is 0 Å². The highest BCUT2D eigenvalue weighted by Crippen LogP contribution is 2.66. The van der Waals surface area contributed by atoms with Crippen LogP contribution in [-0.2, 0) is 24.0 Å². The summed E-state index contributed by atoms with van der Waals surface area (Å²) >= 11 is 13.2. The summed E-state index contributed by atoms with van der Waals surface area (Å²) in [5.41, 5.74) is -0.00882. The summed E-state index contributed by atoms with van der Waals surface area (Å²) in [7, 11) is 0. The Balaban J connectivity index is 1.55. The standard InChI is InChI=1S/C33H49Cl2NO5/c1-19(32(3,4)5)14-24(38)17-25(22-12-7-6-8-13-22)31(41)36-18-26-28(33(26,34)35)29(36)27(39)16-23(30(40)20(2)37)15-21-10-9-11-21/h19,21-23,25-26,28-29H,6-18H2,1-5H3/t19?,23?,25-,26?,28?,29+/m0/s1. The van der Waals surface area contributed by atoms with Gasteiger partial charge in [-0.2, -0.15) is 0 Å². The van der Waals surface area contributed by atoms with Gasteiger partial charge in [0.2, 0.25) is 11.7 Å². The summed E-state index contributed by atoms with van der Waals surface area (Å²) in [6.45, 7) is 10.0. The van der Waals surface area contributed by atoms with Crippen molar-refractivity contribution < 1.29 is 24.0 Å². The summed E-state index contributed by atoms with van der Waals surface area (Å²) in [5, 5.41) is 0. The molecule has 4 unspecified atom stereocenters. The molecule has 230 valence electrons. The molecule has 4 aliphatic rings. The van der Waals surface area contributed by atoms with Crippen LogP contribution in [0.15, 0.2) is 0 Å². The van der Waals surface area contributed by atoms with E-state index < -0.39 is 33.8 Å². The first kappa shape index (κ1) is 32.6. The fraction of sp³-hybridized carbons (Fsp3) is 0.848. The second kappa shape index (κ2) is 12.8. The summed E-state index contributed by atoms with van der Waals surface area (Å²) in [4.78, 5) is 68.1. The average molecular weight is 611 g/mol. The Labute approximate surface area is 256 Å². The highest BCUT2D eigenvalue weighted by atomic mass is 35.5. The number of piperidine rings is 1. The summed E-state index contributed by atoms with van der Waals surface area (Å²) < 4.78 is -1.08. The molecular formula is C33H49Cl2NO5. The number of Topliss-reactive ketones (excluding diaryl/α,β-unsaturated/α-hetero) is 4. The maximum atomic E-state index is 14.3. The number of hydrogen-bond donors (Lipinski definition) is 0. The first-order chi connectivity index (χ1) is 19.1. The second-order valence-electron chi connectivity index (χ2n) is 14.8. The predicted octanol–water partition coefficient (Wildman–Crippen LogP) is 6.77. The van der Waals surface area contributed by atoms with Gasteiger partial charge in [-0.1, -0.05) is 66.2 Å². The topological polar surface area (TPSA) is 88.6 Å². The average Bonchev–Trinajstić information content (AvgIpc) is 3.20. The fourth-order valence-corrected chi connectivity index (χ4v) is 8.28. The van der Waals surface area contributed by atoms with Crippen LogP contribution < -0.4 is 0 Å². The first-order valence-electron chi connectivity index (χ1n) is 15.9. The van der Waals surface area contributed by atoms with Crippen molar-refractivity contribution in [2.24, 2.45) is 46.8 Å². The molecule has 6 atom stereocenters. The first-order valence-corrected chi connectivity index (χ1v) is 16.7. The molecule has 3 saturated carbocycles. The number of nitrogens with zero attached hydrogens (tertiary/aromatic N) is 1. The minimum atomic E-state index is -1.08. The lowest BCUT2D eigenvalue weighted by molar-refractivity contribution is -0.146. The molecule has 1 saturated heterocycles. The number of fused-ring (bicyclic) bond motifs is 1. The summed E-state index contributed by atoms with van der Waals surface area (Å²) in [5.74, 6) is -2.40. The quantitative estimate of drug-likeness (QED) is 0.170. The smallest absolute Gasteiger partial charge is 0.227 e. The van der Waals surface area contributed by atoms with Gasteiger partial charge in [0.05, 0.1) is 6.04 Å². The largest absolute Gasteiger partial charge is 0.332 e. The zero-order valence-electron chi connectivity index (χ0n) is 25.6. The molecule has 0 spiro atoms. The van der Waals surface area contributed by atoms with E-state index in [1.165, 1.54) is 6.92 Å². The van der Waals surface area contributed by atoms with Crippen molar-refractivity contribution in [1.29, 1.82) is 0 Å². The van der Waals surface area contributed by atoms with Gasteiger partial charge >= 0.3 is 0 Å². The zero-order chi connectivity index (χ0) is 30.3. The van der Waals surface area contributed by atoms with E-state index in [1.807, 2.05) is 0 Å². The Morgan fingerprint density at radius 2 is 1.54 bits per heavy atom. The zero-order valence-corrected chi connectivity index (χ0v) is 27.1. The Kier molecular flexibility index (Phi) is 10.2. The van der Waals surface area contributed by atoms with Gasteiger partial charge in [-0.15, -0.1) is 23.2 Å². The van der Waals surface area contributed by atoms with Crippen LogP contribution in [0.2, 0.25) is 0 Å². The minimum Gasteiger partial charge on any atom is -0.332 e. The maximum absolute atomic E-state index is 14.3. The number of hydrogen-bond acceptors (Lipinski definition) is 5. The molecule has 0 radical (unpaired) electrons. The molecule has 8 heteroatoms. The molecule has 4 rings (SSSR count). The second-order valence-corrected chi connectivity index (χ2v) is 16.2. The SMILES string of the molecule is CC(=O)C(=O)C(CC(=O)[C@@H]1C2C(CN1C(=O)[C@@H](CC(=O)CC(C)C(C)(C)C)C1CCCCC1)C2(Cl)Cl)CC1CCC1. The number of amides is 1. The van der Waals surface area contributed by atoms with Crippen molar-refractivity contribution >= 4 is 52.2 Å². The van der Waals surface area contributed by atoms with Crippen molar-refractivity contribution in [3.63, 3.8) is 0 Å². The van der Waals surface area contributed by atoms with E-state index in [9.17, 15) is 24.0 Å². The lowest BCUT2D eigenvalue weighted by atomic mass is 9.74. The molecule has 1 aliphatic heterocycles. The monoisotopic (exact) mass is 609 g/mol. The van der Waals surface area contributed by atoms with Crippen LogP contribution >= 0.6 is 23.2 Å². The Hall–Kier alpha value is -1.27. The molecule has 1 heterocycles. The third-order valence-corrected chi connectivity index (χ3v) is 12.0. The fourth-order valence-electron chi connectivity index (χ4n) is 7.45. The third-order valence-electron chi connectivity index (χ3n) is 10.9. The van der Waals surface area contributed by atoms with Gasteiger partial charge in [-0.3, -0.25) is 24.0 Å². The lowest BCUT2D eigenvalue weighted by Crippen LogP contribution is -2.50. The maximum Gasteiger partial charge on any atom is 0.227 e. The van der Waals surface area contributed by atoms with E-state index in [0.29, 0.717) is 18.8 Å². The van der Waals surface area contributed by atoms with Gasteiger partial charge in [0.25, 0.3) is 0 Å². The number of rotatable bonds is 13. The van der Waals surface area contributed by atoms with E-state index in [1.54, 1.807) is 4.90 Å². The van der Waals surface area contributed by atoms with Gasteiger partial charge in [-0.25, -0.2) is 0 Å². The molecule has 1 amide bonds. The van der Waals surface area contributed by atoms with Gasteiger partial charge in [0.1, 0.15) is 10.1 Å². The van der Waals surface area contributed by atoms with Crippen molar-refractivity contribution in [1.82, 2.24) is 4.90 Å². The van der Waals surface area contributed by atoms with E-state index in [0.717, 1.165) is 51.4 Å². The summed E-state index contributed by atoms with van der Waals surface area (Å²) in [6, 6.07) is -0.819. The van der Waals surface area contributed by atoms with Gasteiger partial charge in [0.15, 0.2) is 11.6 Å².